The maximum absolute atomic E-state index is 11.7. The minimum Gasteiger partial charge on any atom is -0.462 e. The lowest BCUT2D eigenvalue weighted by Gasteiger charge is -2.29. The lowest BCUT2D eigenvalue weighted by Crippen LogP contribution is -2.30. The highest BCUT2D eigenvalue weighted by Crippen LogP contribution is 2.27. The number of hydrogen-bond acceptors (Lipinski definition) is 2. The van der Waals surface area contributed by atoms with Crippen molar-refractivity contribution in [3.8, 4) is 0 Å². The molecule has 0 spiro atoms. The van der Waals surface area contributed by atoms with Crippen LogP contribution < -0.4 is 0 Å². The second-order valence-electron chi connectivity index (χ2n) is 4.93. The largest absolute Gasteiger partial charge is 0.462 e. The van der Waals surface area contributed by atoms with E-state index in [-0.39, 0.29) is 18.0 Å². The summed E-state index contributed by atoms with van der Waals surface area (Å²) in [6.07, 6.45) is 6.96. The van der Waals surface area contributed by atoms with E-state index < -0.39 is 0 Å². The number of ether oxygens (including phenoxy) is 1. The van der Waals surface area contributed by atoms with E-state index in [1.54, 1.807) is 0 Å². The maximum Gasteiger partial charge on any atom is 0.308 e. The molecule has 0 heterocycles. The van der Waals surface area contributed by atoms with Crippen molar-refractivity contribution >= 4 is 5.97 Å². The number of rotatable bonds is 4. The minimum atomic E-state index is 0.00981. The summed E-state index contributed by atoms with van der Waals surface area (Å²) in [7, 11) is 0. The Morgan fingerprint density at radius 3 is 2.67 bits per heavy atom. The lowest BCUT2D eigenvalue weighted by atomic mass is 9.88. The van der Waals surface area contributed by atoms with Crippen LogP contribution in [-0.4, -0.2) is 12.1 Å². The minimum absolute atomic E-state index is 0.00981. The number of carbonyl (C=O) groups excluding carboxylic acids is 1. The molecule has 1 fully saturated rings. The quantitative estimate of drug-likeness (QED) is 0.666. The molecule has 2 nitrogen and oxygen atoms in total. The van der Waals surface area contributed by atoms with Gasteiger partial charge in [-0.1, -0.05) is 33.6 Å². The van der Waals surface area contributed by atoms with Crippen LogP contribution in [0, 0.1) is 11.8 Å². The first kappa shape index (κ1) is 12.5. The summed E-state index contributed by atoms with van der Waals surface area (Å²) in [5.74, 6) is 0.635. The van der Waals surface area contributed by atoms with Crippen LogP contribution in [0.1, 0.15) is 59.3 Å². The number of carbonyl (C=O) groups is 1. The molecule has 0 unspecified atom stereocenters. The summed E-state index contributed by atoms with van der Waals surface area (Å²) in [6.45, 7) is 6.27. The SMILES string of the molecule is CCC[C@H](C)C(=O)O[C@@H]1CCCC[C@@H]1C. The van der Waals surface area contributed by atoms with Gasteiger partial charge in [0.25, 0.3) is 0 Å². The molecule has 3 atom stereocenters. The molecule has 2 heteroatoms. The van der Waals surface area contributed by atoms with Gasteiger partial charge in [0.1, 0.15) is 6.10 Å². The summed E-state index contributed by atoms with van der Waals surface area (Å²) in [5, 5.41) is 0. The molecule has 1 saturated carbocycles. The van der Waals surface area contributed by atoms with E-state index in [1.807, 2.05) is 6.92 Å². The van der Waals surface area contributed by atoms with E-state index >= 15 is 0 Å². The summed E-state index contributed by atoms with van der Waals surface area (Å²) in [4.78, 5) is 11.7. The first-order valence-electron chi connectivity index (χ1n) is 6.35. The Morgan fingerprint density at radius 2 is 2.07 bits per heavy atom. The van der Waals surface area contributed by atoms with Gasteiger partial charge in [-0.25, -0.2) is 0 Å². The van der Waals surface area contributed by atoms with Crippen molar-refractivity contribution in [2.45, 2.75) is 65.4 Å². The Labute approximate surface area is 93.4 Å². The van der Waals surface area contributed by atoms with Gasteiger partial charge in [0.2, 0.25) is 0 Å². The van der Waals surface area contributed by atoms with Gasteiger partial charge in [-0.15, -0.1) is 0 Å². The van der Waals surface area contributed by atoms with Gasteiger partial charge >= 0.3 is 5.97 Å². The van der Waals surface area contributed by atoms with E-state index in [0.29, 0.717) is 5.92 Å². The van der Waals surface area contributed by atoms with Crippen LogP contribution in [0.5, 0.6) is 0 Å². The zero-order chi connectivity index (χ0) is 11.3. The van der Waals surface area contributed by atoms with Crippen LogP contribution >= 0.6 is 0 Å². The highest BCUT2D eigenvalue weighted by atomic mass is 16.5. The van der Waals surface area contributed by atoms with Crippen molar-refractivity contribution in [1.29, 1.82) is 0 Å². The van der Waals surface area contributed by atoms with Gasteiger partial charge in [0.05, 0.1) is 5.92 Å². The third-order valence-corrected chi connectivity index (χ3v) is 3.42. The van der Waals surface area contributed by atoms with Crippen molar-refractivity contribution in [2.75, 3.05) is 0 Å². The summed E-state index contributed by atoms with van der Waals surface area (Å²) >= 11 is 0. The summed E-state index contributed by atoms with van der Waals surface area (Å²) in [5.41, 5.74) is 0. The summed E-state index contributed by atoms with van der Waals surface area (Å²) in [6, 6.07) is 0. The van der Waals surface area contributed by atoms with E-state index in [1.165, 1.54) is 19.3 Å². The molecule has 0 saturated heterocycles. The van der Waals surface area contributed by atoms with E-state index in [4.69, 9.17) is 4.74 Å². The zero-order valence-corrected chi connectivity index (χ0v) is 10.3. The molecular formula is C13H24O2. The lowest BCUT2D eigenvalue weighted by molar-refractivity contribution is -0.157. The van der Waals surface area contributed by atoms with Crippen molar-refractivity contribution in [3.05, 3.63) is 0 Å². The molecule has 15 heavy (non-hydrogen) atoms. The molecule has 1 rings (SSSR count). The van der Waals surface area contributed by atoms with Crippen molar-refractivity contribution in [3.63, 3.8) is 0 Å². The first-order valence-corrected chi connectivity index (χ1v) is 6.35. The second kappa shape index (κ2) is 6.14. The van der Waals surface area contributed by atoms with Crippen LogP contribution in [0.15, 0.2) is 0 Å². The molecule has 1 aliphatic rings. The highest BCUT2D eigenvalue weighted by molar-refractivity contribution is 5.72. The topological polar surface area (TPSA) is 26.3 Å². The highest BCUT2D eigenvalue weighted by Gasteiger charge is 2.26. The molecule has 0 aliphatic heterocycles. The Morgan fingerprint density at radius 1 is 1.40 bits per heavy atom. The monoisotopic (exact) mass is 212 g/mol. The molecular weight excluding hydrogens is 188 g/mol. The Hall–Kier alpha value is -0.530. The van der Waals surface area contributed by atoms with Gasteiger partial charge in [0, 0.05) is 0 Å². The van der Waals surface area contributed by atoms with Crippen molar-refractivity contribution < 1.29 is 9.53 Å². The molecule has 1 aliphatic carbocycles. The zero-order valence-electron chi connectivity index (χ0n) is 10.3. The van der Waals surface area contributed by atoms with Crippen molar-refractivity contribution in [2.24, 2.45) is 11.8 Å². The maximum atomic E-state index is 11.7. The van der Waals surface area contributed by atoms with Crippen LogP contribution in [-0.2, 0) is 9.53 Å². The number of hydrogen-bond donors (Lipinski definition) is 0. The molecule has 0 radical (unpaired) electrons. The predicted molar refractivity (Wildman–Crippen MR) is 61.6 cm³/mol. The third kappa shape index (κ3) is 3.84. The standard InChI is InChI=1S/C13H24O2/c1-4-7-11(3)13(14)15-12-9-6-5-8-10(12)2/h10-12H,4-9H2,1-3H3/t10-,11-,12+/m0/s1. The van der Waals surface area contributed by atoms with Crippen molar-refractivity contribution in [1.82, 2.24) is 0 Å². The third-order valence-electron chi connectivity index (χ3n) is 3.42. The Bertz CT molecular complexity index is 201. The smallest absolute Gasteiger partial charge is 0.308 e. The fraction of sp³-hybridized carbons (Fsp3) is 0.923. The van der Waals surface area contributed by atoms with Crippen LogP contribution in [0.3, 0.4) is 0 Å². The van der Waals surface area contributed by atoms with Gasteiger partial charge in [-0.2, -0.15) is 0 Å². The predicted octanol–water partition coefficient (Wildman–Crippen LogP) is 3.54. The molecule has 0 bridgehead atoms. The van der Waals surface area contributed by atoms with Gasteiger partial charge in [-0.3, -0.25) is 4.79 Å². The summed E-state index contributed by atoms with van der Waals surface area (Å²) < 4.78 is 5.58. The Kier molecular flexibility index (Phi) is 5.13. The molecule has 0 amide bonds. The van der Waals surface area contributed by atoms with E-state index in [9.17, 15) is 4.79 Å². The fourth-order valence-corrected chi connectivity index (χ4v) is 2.27. The molecule has 0 N–H and O–H groups in total. The van der Waals surface area contributed by atoms with Crippen LogP contribution in [0.25, 0.3) is 0 Å². The van der Waals surface area contributed by atoms with Crippen LogP contribution in [0.2, 0.25) is 0 Å². The molecule has 88 valence electrons. The average molecular weight is 212 g/mol. The van der Waals surface area contributed by atoms with Crippen LogP contribution in [0.4, 0.5) is 0 Å². The van der Waals surface area contributed by atoms with E-state index in [0.717, 1.165) is 19.3 Å². The van der Waals surface area contributed by atoms with Gasteiger partial charge < -0.3 is 4.74 Å². The Balaban J connectivity index is 2.35. The van der Waals surface area contributed by atoms with E-state index in [2.05, 4.69) is 13.8 Å². The first-order chi connectivity index (χ1) is 7.15. The molecule has 0 aromatic carbocycles. The fourth-order valence-electron chi connectivity index (χ4n) is 2.27. The average Bonchev–Trinajstić information content (AvgIpc) is 2.21. The number of esters is 1. The normalized spacial score (nSPS) is 28.5. The van der Waals surface area contributed by atoms with Gasteiger partial charge in [-0.05, 0) is 31.6 Å². The second-order valence-corrected chi connectivity index (χ2v) is 4.93. The molecule has 0 aromatic rings. The van der Waals surface area contributed by atoms with Gasteiger partial charge in [0.15, 0.2) is 0 Å². The molecule has 0 aromatic heterocycles.